The quantitative estimate of drug-likeness (QED) is 0.909. The lowest BCUT2D eigenvalue weighted by Gasteiger charge is -2.19. The van der Waals surface area contributed by atoms with E-state index in [-0.39, 0.29) is 12.0 Å². The fraction of sp³-hybridized carbons (Fsp3) is 0.368. The van der Waals surface area contributed by atoms with Gasteiger partial charge < -0.3 is 10.5 Å². The fourth-order valence-corrected chi connectivity index (χ4v) is 5.24. The number of aryl methyl sites for hydroxylation is 2. The molecule has 3 rings (SSSR count). The Morgan fingerprint density at radius 2 is 1.76 bits per heavy atom. The van der Waals surface area contributed by atoms with E-state index < -0.39 is 10.0 Å². The van der Waals surface area contributed by atoms with E-state index in [4.69, 9.17) is 10.5 Å². The van der Waals surface area contributed by atoms with Gasteiger partial charge in [0, 0.05) is 25.0 Å². The Morgan fingerprint density at radius 1 is 1.08 bits per heavy atom. The summed E-state index contributed by atoms with van der Waals surface area (Å²) in [6, 6.07) is 13.1. The Hall–Kier alpha value is -1.89. The van der Waals surface area contributed by atoms with Crippen LogP contribution in [0.2, 0.25) is 0 Å². The molecule has 0 spiro atoms. The molecule has 1 aliphatic rings. The maximum atomic E-state index is 13.2. The van der Waals surface area contributed by atoms with Gasteiger partial charge in [-0.1, -0.05) is 30.3 Å². The van der Waals surface area contributed by atoms with Crippen LogP contribution in [0.3, 0.4) is 0 Å². The molecule has 0 radical (unpaired) electrons. The van der Waals surface area contributed by atoms with Crippen molar-refractivity contribution in [3.63, 3.8) is 0 Å². The molecular weight excluding hydrogens is 336 g/mol. The number of hydrogen-bond donors (Lipinski definition) is 1. The van der Waals surface area contributed by atoms with Gasteiger partial charge in [-0.25, -0.2) is 8.42 Å². The first kappa shape index (κ1) is 17.9. The van der Waals surface area contributed by atoms with E-state index in [9.17, 15) is 8.42 Å². The van der Waals surface area contributed by atoms with Gasteiger partial charge in [-0.2, -0.15) is 4.31 Å². The maximum Gasteiger partial charge on any atom is 0.243 e. The van der Waals surface area contributed by atoms with Crippen LogP contribution in [0.1, 0.15) is 22.6 Å². The first-order valence-corrected chi connectivity index (χ1v) is 9.74. The zero-order chi connectivity index (χ0) is 18.2. The van der Waals surface area contributed by atoms with Crippen molar-refractivity contribution in [1.82, 2.24) is 4.31 Å². The fourth-order valence-electron chi connectivity index (χ4n) is 3.44. The number of sulfonamides is 1. The summed E-state index contributed by atoms with van der Waals surface area (Å²) < 4.78 is 33.1. The monoisotopic (exact) mass is 360 g/mol. The van der Waals surface area contributed by atoms with Crippen molar-refractivity contribution in [3.05, 3.63) is 59.2 Å². The molecule has 134 valence electrons. The van der Waals surface area contributed by atoms with Crippen LogP contribution in [-0.4, -0.2) is 39.0 Å². The van der Waals surface area contributed by atoms with E-state index in [2.05, 4.69) is 0 Å². The lowest BCUT2D eigenvalue weighted by Crippen LogP contribution is -2.32. The molecule has 1 saturated heterocycles. The number of hydrogen-bond acceptors (Lipinski definition) is 4. The number of ether oxygens (including phenoxy) is 1. The number of rotatable bonds is 4. The van der Waals surface area contributed by atoms with E-state index in [0.29, 0.717) is 29.3 Å². The highest BCUT2D eigenvalue weighted by atomic mass is 32.2. The molecule has 2 N–H and O–H groups in total. The molecule has 1 heterocycles. The van der Waals surface area contributed by atoms with Crippen molar-refractivity contribution in [2.24, 2.45) is 5.73 Å². The third-order valence-electron chi connectivity index (χ3n) is 4.87. The summed E-state index contributed by atoms with van der Waals surface area (Å²) in [6.07, 6.45) is 0. The van der Waals surface area contributed by atoms with Gasteiger partial charge in [-0.3, -0.25) is 0 Å². The van der Waals surface area contributed by atoms with Gasteiger partial charge in [0.15, 0.2) is 0 Å². The van der Waals surface area contributed by atoms with Crippen molar-refractivity contribution in [3.8, 4) is 5.75 Å². The molecule has 2 aromatic rings. The Labute approximate surface area is 149 Å². The van der Waals surface area contributed by atoms with E-state index in [1.807, 2.05) is 37.3 Å². The topological polar surface area (TPSA) is 72.6 Å². The predicted octanol–water partition coefficient (Wildman–Crippen LogP) is 2.43. The highest BCUT2D eigenvalue weighted by molar-refractivity contribution is 7.89. The van der Waals surface area contributed by atoms with E-state index >= 15 is 0 Å². The summed E-state index contributed by atoms with van der Waals surface area (Å²) >= 11 is 0. The number of nitrogens with two attached hydrogens (primary N) is 1. The standard InChI is InChI=1S/C19H24N2O3S/c1-13-10-19(14(2)9-18(13)24-3)25(22,23)21-11-16(17(20)12-21)15-7-5-4-6-8-15/h4-10,16-17H,11-12,20H2,1-3H3/t16-,17+/m0/s1. The first-order valence-electron chi connectivity index (χ1n) is 8.30. The molecular formula is C19H24N2O3S. The zero-order valence-electron chi connectivity index (χ0n) is 14.8. The van der Waals surface area contributed by atoms with Gasteiger partial charge in [0.25, 0.3) is 0 Å². The largest absolute Gasteiger partial charge is 0.496 e. The Bertz CT molecular complexity index is 866. The average Bonchev–Trinajstić information content (AvgIpc) is 3.00. The van der Waals surface area contributed by atoms with E-state index in [0.717, 1.165) is 11.1 Å². The minimum atomic E-state index is -3.59. The highest BCUT2D eigenvalue weighted by Gasteiger charge is 2.38. The van der Waals surface area contributed by atoms with Gasteiger partial charge in [-0.15, -0.1) is 0 Å². The molecule has 1 aliphatic heterocycles. The molecule has 0 unspecified atom stereocenters. The summed E-state index contributed by atoms with van der Waals surface area (Å²) in [5.74, 6) is 0.701. The Balaban J connectivity index is 1.93. The summed E-state index contributed by atoms with van der Waals surface area (Å²) in [6.45, 7) is 4.36. The molecule has 6 heteroatoms. The lowest BCUT2D eigenvalue weighted by molar-refractivity contribution is 0.410. The number of benzene rings is 2. The minimum Gasteiger partial charge on any atom is -0.496 e. The van der Waals surface area contributed by atoms with Crippen molar-refractivity contribution in [2.75, 3.05) is 20.2 Å². The molecule has 0 saturated carbocycles. The van der Waals surface area contributed by atoms with Crippen LogP contribution in [0.4, 0.5) is 0 Å². The van der Waals surface area contributed by atoms with E-state index in [1.54, 1.807) is 26.2 Å². The lowest BCUT2D eigenvalue weighted by atomic mass is 9.95. The first-order chi connectivity index (χ1) is 11.8. The third-order valence-corrected chi connectivity index (χ3v) is 6.84. The highest BCUT2D eigenvalue weighted by Crippen LogP contribution is 2.33. The van der Waals surface area contributed by atoms with Gasteiger partial charge in [-0.05, 0) is 42.7 Å². The minimum absolute atomic E-state index is 0.00984. The second-order valence-electron chi connectivity index (χ2n) is 6.59. The SMILES string of the molecule is COc1cc(C)c(S(=O)(=O)N2C[C@@H](N)[C@H](c3ccccc3)C2)cc1C. The normalized spacial score (nSPS) is 21.4. The summed E-state index contributed by atoms with van der Waals surface area (Å²) in [4.78, 5) is 0.326. The molecule has 0 bridgehead atoms. The third kappa shape index (κ3) is 3.29. The maximum absolute atomic E-state index is 13.2. The van der Waals surface area contributed by atoms with Crippen LogP contribution in [0.5, 0.6) is 5.75 Å². The molecule has 0 amide bonds. The van der Waals surface area contributed by atoms with Crippen LogP contribution in [0.15, 0.2) is 47.4 Å². The zero-order valence-corrected chi connectivity index (χ0v) is 15.6. The molecule has 2 aromatic carbocycles. The van der Waals surface area contributed by atoms with Crippen molar-refractivity contribution < 1.29 is 13.2 Å². The summed E-state index contributed by atoms with van der Waals surface area (Å²) in [5.41, 5.74) is 8.82. The van der Waals surface area contributed by atoms with Crippen LogP contribution in [-0.2, 0) is 10.0 Å². The molecule has 0 aromatic heterocycles. The smallest absolute Gasteiger partial charge is 0.243 e. The van der Waals surface area contributed by atoms with E-state index in [1.165, 1.54) is 4.31 Å². The summed E-state index contributed by atoms with van der Waals surface area (Å²) in [7, 11) is -2.01. The van der Waals surface area contributed by atoms with Crippen LogP contribution < -0.4 is 10.5 Å². The number of nitrogens with zero attached hydrogens (tertiary/aromatic N) is 1. The molecule has 25 heavy (non-hydrogen) atoms. The van der Waals surface area contributed by atoms with Crippen molar-refractivity contribution in [1.29, 1.82) is 0 Å². The van der Waals surface area contributed by atoms with Gasteiger partial charge in [0.2, 0.25) is 10.0 Å². The second kappa shape index (κ2) is 6.78. The second-order valence-corrected chi connectivity index (χ2v) is 8.50. The summed E-state index contributed by atoms with van der Waals surface area (Å²) in [5, 5.41) is 0. The molecule has 1 fully saturated rings. The van der Waals surface area contributed by atoms with Crippen LogP contribution >= 0.6 is 0 Å². The van der Waals surface area contributed by atoms with Crippen molar-refractivity contribution >= 4 is 10.0 Å². The predicted molar refractivity (Wildman–Crippen MR) is 98.4 cm³/mol. The van der Waals surface area contributed by atoms with Gasteiger partial charge in [0.05, 0.1) is 12.0 Å². The molecule has 5 nitrogen and oxygen atoms in total. The molecule has 0 aliphatic carbocycles. The van der Waals surface area contributed by atoms with Gasteiger partial charge >= 0.3 is 0 Å². The van der Waals surface area contributed by atoms with Gasteiger partial charge in [0.1, 0.15) is 5.75 Å². The average molecular weight is 360 g/mol. The Morgan fingerprint density at radius 3 is 2.40 bits per heavy atom. The van der Waals surface area contributed by atoms with Crippen LogP contribution in [0, 0.1) is 13.8 Å². The Kier molecular flexibility index (Phi) is 4.86. The number of methoxy groups -OCH3 is 1. The van der Waals surface area contributed by atoms with Crippen LogP contribution in [0.25, 0.3) is 0 Å². The molecule has 2 atom stereocenters. The van der Waals surface area contributed by atoms with Crippen molar-refractivity contribution in [2.45, 2.75) is 30.7 Å².